The summed E-state index contributed by atoms with van der Waals surface area (Å²) in [5, 5.41) is 2.86. The van der Waals surface area contributed by atoms with E-state index in [1.165, 1.54) is 18.2 Å². The Hall–Kier alpha value is -2.64. The molecule has 0 unspecified atom stereocenters. The number of carbonyl (C=O) groups is 1. The number of alkyl halides is 3. The third kappa shape index (κ3) is 23.5. The van der Waals surface area contributed by atoms with Gasteiger partial charge in [-0.2, -0.15) is 13.2 Å². The number of hydrogen-bond acceptors (Lipinski definition) is 12. The lowest BCUT2D eigenvalue weighted by atomic mass is 10.1. The number of benzene rings is 2. The molecule has 0 atom stereocenters. The van der Waals surface area contributed by atoms with Crippen LogP contribution in [0.3, 0.4) is 0 Å². The Balaban J connectivity index is 1.33. The van der Waals surface area contributed by atoms with Gasteiger partial charge in [0.1, 0.15) is 6.61 Å². The average molecular weight is 750 g/mol. The van der Waals surface area contributed by atoms with Crippen molar-refractivity contribution in [3.05, 3.63) is 59.7 Å². The summed E-state index contributed by atoms with van der Waals surface area (Å²) in [7, 11) is -1.47. The summed E-state index contributed by atoms with van der Waals surface area (Å²) >= 11 is 0. The quantitative estimate of drug-likeness (QED) is 0.0588. The number of halogens is 3. The summed E-state index contributed by atoms with van der Waals surface area (Å²) < 4.78 is 93.8. The Morgan fingerprint density at radius 1 is 0.569 bits per heavy atom. The molecule has 0 aliphatic heterocycles. The largest absolute Gasteiger partial charge is 0.460 e. The number of carbonyl (C=O) groups excluding carboxylic acids is 1. The standard InChI is InChI=1S/C35H54F3NO11Si/c1-51(2,3)50-28-26-48-24-22-46-20-18-44-16-14-42-12-11-41-13-15-43-17-19-45-21-23-47-25-27-49-34(40)32-9-4-5-10-33(32)39-31-8-6-7-30(29-31)35(36,37)38/h4-10,29,39H,11-28H2,1-3H3. The smallest absolute Gasteiger partial charge is 0.416 e. The predicted molar refractivity (Wildman–Crippen MR) is 187 cm³/mol. The number of anilines is 2. The summed E-state index contributed by atoms with van der Waals surface area (Å²) in [4.78, 5) is 12.6. The Morgan fingerprint density at radius 2 is 0.980 bits per heavy atom. The minimum Gasteiger partial charge on any atom is -0.460 e. The molecule has 0 amide bonds. The van der Waals surface area contributed by atoms with Gasteiger partial charge in [0.25, 0.3) is 0 Å². The third-order valence-electron chi connectivity index (χ3n) is 6.44. The van der Waals surface area contributed by atoms with E-state index in [4.69, 9.17) is 47.1 Å². The van der Waals surface area contributed by atoms with Crippen LogP contribution in [0.25, 0.3) is 0 Å². The lowest BCUT2D eigenvalue weighted by Gasteiger charge is -2.16. The Kier molecular flexibility index (Phi) is 23.6. The fourth-order valence-corrected chi connectivity index (χ4v) is 4.71. The van der Waals surface area contributed by atoms with Crippen LogP contribution in [-0.4, -0.2) is 133 Å². The van der Waals surface area contributed by atoms with Crippen molar-refractivity contribution in [1.29, 1.82) is 0 Å². The van der Waals surface area contributed by atoms with Crippen molar-refractivity contribution in [2.45, 2.75) is 25.8 Å². The molecule has 0 radical (unpaired) electrons. The van der Waals surface area contributed by atoms with Crippen molar-refractivity contribution in [2.24, 2.45) is 0 Å². The Bertz CT molecular complexity index is 1190. The second-order valence-corrected chi connectivity index (χ2v) is 16.3. The zero-order valence-corrected chi connectivity index (χ0v) is 31.0. The maximum atomic E-state index is 13.0. The van der Waals surface area contributed by atoms with Crippen molar-refractivity contribution in [1.82, 2.24) is 0 Å². The zero-order valence-electron chi connectivity index (χ0n) is 30.0. The number of nitrogens with one attached hydrogen (secondary N) is 1. The highest BCUT2D eigenvalue weighted by Gasteiger charge is 2.30. The molecule has 0 saturated carbocycles. The fraction of sp³-hybridized carbons (Fsp3) is 0.629. The molecule has 2 aromatic rings. The third-order valence-corrected chi connectivity index (χ3v) is 7.51. The van der Waals surface area contributed by atoms with Gasteiger partial charge in [0, 0.05) is 5.69 Å². The fourth-order valence-electron chi connectivity index (χ4n) is 4.02. The number of rotatable bonds is 31. The summed E-state index contributed by atoms with van der Waals surface area (Å²) in [6.07, 6.45) is -4.48. The Morgan fingerprint density at radius 3 is 1.41 bits per heavy atom. The highest BCUT2D eigenvalue weighted by atomic mass is 28.4. The van der Waals surface area contributed by atoms with Crippen LogP contribution in [0.4, 0.5) is 24.5 Å². The zero-order chi connectivity index (χ0) is 37.0. The van der Waals surface area contributed by atoms with Crippen LogP contribution in [0.15, 0.2) is 48.5 Å². The summed E-state index contributed by atoms with van der Waals surface area (Å²) in [6.45, 7) is 14.1. The van der Waals surface area contributed by atoms with Crippen LogP contribution in [0, 0.1) is 0 Å². The topological polar surface area (TPSA) is 121 Å². The SMILES string of the molecule is C[Si](C)(C)OCCOCCOCCOCCOCCOCCOCCOCCOCCOC(=O)c1ccccc1Nc1cccc(C(F)(F)F)c1. The van der Waals surface area contributed by atoms with E-state index in [0.717, 1.165) is 12.1 Å². The molecule has 290 valence electrons. The molecule has 12 nitrogen and oxygen atoms in total. The van der Waals surface area contributed by atoms with E-state index in [0.29, 0.717) is 111 Å². The van der Waals surface area contributed by atoms with Gasteiger partial charge in [0.2, 0.25) is 0 Å². The molecule has 16 heteroatoms. The normalized spacial score (nSPS) is 12.0. The summed E-state index contributed by atoms with van der Waals surface area (Å²) in [6, 6.07) is 11.1. The van der Waals surface area contributed by atoms with E-state index < -0.39 is 26.0 Å². The van der Waals surface area contributed by atoms with Crippen LogP contribution < -0.4 is 5.32 Å². The molecule has 2 rings (SSSR count). The van der Waals surface area contributed by atoms with Gasteiger partial charge in [-0.25, -0.2) is 4.79 Å². The molecule has 0 aromatic heterocycles. The first-order valence-corrected chi connectivity index (χ1v) is 20.4. The van der Waals surface area contributed by atoms with Crippen molar-refractivity contribution in [3.63, 3.8) is 0 Å². The molecule has 1 N–H and O–H groups in total. The van der Waals surface area contributed by atoms with E-state index in [9.17, 15) is 18.0 Å². The lowest BCUT2D eigenvalue weighted by molar-refractivity contribution is -0.137. The van der Waals surface area contributed by atoms with E-state index >= 15 is 0 Å². The lowest BCUT2D eigenvalue weighted by Crippen LogP contribution is -2.27. The number of ether oxygens (including phenoxy) is 9. The molecule has 51 heavy (non-hydrogen) atoms. The second-order valence-electron chi connectivity index (χ2n) is 11.7. The first-order chi connectivity index (χ1) is 24.6. The van der Waals surface area contributed by atoms with Crippen molar-refractivity contribution in [3.8, 4) is 0 Å². The average Bonchev–Trinajstić information content (AvgIpc) is 3.09. The van der Waals surface area contributed by atoms with Crippen LogP contribution in [0.5, 0.6) is 0 Å². The van der Waals surface area contributed by atoms with Gasteiger partial charge in [-0.3, -0.25) is 0 Å². The predicted octanol–water partition coefficient (Wildman–Crippen LogP) is 5.59. The van der Waals surface area contributed by atoms with E-state index in [-0.39, 0.29) is 24.5 Å². The number of para-hydroxylation sites is 1. The molecule has 0 aliphatic carbocycles. The summed E-state index contributed by atoms with van der Waals surface area (Å²) in [5.41, 5.74) is -0.0837. The molecule has 0 fully saturated rings. The molecule has 2 aromatic carbocycles. The molecule has 0 bridgehead atoms. The van der Waals surface area contributed by atoms with Crippen molar-refractivity contribution < 1.29 is 65.0 Å². The minimum absolute atomic E-state index is 0.00105. The van der Waals surface area contributed by atoms with Gasteiger partial charge in [0.15, 0.2) is 8.32 Å². The molecular weight excluding hydrogens is 695 g/mol. The highest BCUT2D eigenvalue weighted by molar-refractivity contribution is 6.69. The molecule has 0 aliphatic rings. The van der Waals surface area contributed by atoms with E-state index in [1.54, 1.807) is 18.2 Å². The van der Waals surface area contributed by atoms with Gasteiger partial charge < -0.3 is 52.4 Å². The molecule has 0 saturated heterocycles. The van der Waals surface area contributed by atoms with Crippen LogP contribution >= 0.6 is 0 Å². The van der Waals surface area contributed by atoms with Gasteiger partial charge >= 0.3 is 12.1 Å². The highest BCUT2D eigenvalue weighted by Crippen LogP contribution is 2.32. The van der Waals surface area contributed by atoms with Crippen molar-refractivity contribution >= 4 is 25.7 Å². The van der Waals surface area contributed by atoms with E-state index in [2.05, 4.69) is 25.0 Å². The molecule has 0 spiro atoms. The van der Waals surface area contributed by atoms with Crippen LogP contribution in [-0.2, 0) is 53.2 Å². The van der Waals surface area contributed by atoms with Gasteiger partial charge in [-0.1, -0.05) is 18.2 Å². The van der Waals surface area contributed by atoms with Gasteiger partial charge in [-0.05, 0) is 50.0 Å². The van der Waals surface area contributed by atoms with Crippen molar-refractivity contribution in [2.75, 3.05) is 124 Å². The molecular formula is C35H54F3NO11Si. The monoisotopic (exact) mass is 749 g/mol. The molecule has 0 heterocycles. The first kappa shape index (κ1) is 44.5. The van der Waals surface area contributed by atoms with E-state index in [1.807, 2.05) is 0 Å². The van der Waals surface area contributed by atoms with Gasteiger partial charge in [-0.15, -0.1) is 0 Å². The van der Waals surface area contributed by atoms with Gasteiger partial charge in [0.05, 0.1) is 129 Å². The maximum Gasteiger partial charge on any atom is 0.416 e. The maximum absolute atomic E-state index is 13.0. The summed E-state index contributed by atoms with van der Waals surface area (Å²) in [5.74, 6) is -0.627. The number of esters is 1. The number of hydrogen-bond donors (Lipinski definition) is 1. The van der Waals surface area contributed by atoms with Crippen LogP contribution in [0.1, 0.15) is 15.9 Å². The second kappa shape index (κ2) is 27.0. The first-order valence-electron chi connectivity index (χ1n) is 17.0. The minimum atomic E-state index is -4.48. The van der Waals surface area contributed by atoms with Crippen LogP contribution in [0.2, 0.25) is 19.6 Å². The Labute approximate surface area is 300 Å².